The molecule has 0 amide bonds. The summed E-state index contributed by atoms with van der Waals surface area (Å²) >= 11 is 8.44. The van der Waals surface area contributed by atoms with Crippen LogP contribution in [0.4, 0.5) is 0 Å². The lowest BCUT2D eigenvalue weighted by Gasteiger charge is -2.16. The molecule has 0 bridgehead atoms. The molecule has 1 aliphatic heterocycles. The number of methoxy groups -OCH3 is 2. The van der Waals surface area contributed by atoms with E-state index in [1.807, 2.05) is 42.5 Å². The highest BCUT2D eigenvalue weighted by Crippen LogP contribution is 2.40. The molecule has 0 radical (unpaired) electrons. The van der Waals surface area contributed by atoms with E-state index in [0.29, 0.717) is 27.8 Å². The first-order valence-electron chi connectivity index (χ1n) is 9.89. The van der Waals surface area contributed by atoms with Gasteiger partial charge in [-0.2, -0.15) is 0 Å². The van der Waals surface area contributed by atoms with E-state index in [1.54, 1.807) is 24.3 Å². The number of benzene rings is 3. The largest absolute Gasteiger partial charge is 0.493 e. The Balaban J connectivity index is 1.63. The summed E-state index contributed by atoms with van der Waals surface area (Å²) < 4.78 is 23.4. The van der Waals surface area contributed by atoms with Gasteiger partial charge in [-0.15, -0.1) is 0 Å². The summed E-state index contributed by atoms with van der Waals surface area (Å²) in [5, 5.41) is 0.610. The van der Waals surface area contributed by atoms with Crippen LogP contribution in [-0.4, -0.2) is 26.1 Å². The van der Waals surface area contributed by atoms with E-state index in [-0.39, 0.29) is 18.2 Å². The van der Waals surface area contributed by atoms with Crippen LogP contribution in [0.25, 0.3) is 6.08 Å². The number of cyclic esters (lactones) is 1. The molecule has 4 rings (SSSR count). The number of esters is 1. The molecule has 0 saturated heterocycles. The molecule has 0 saturated carbocycles. The van der Waals surface area contributed by atoms with E-state index in [0.717, 1.165) is 14.7 Å². The molecule has 0 aromatic heterocycles. The molecule has 0 N–H and O–H groups in total. The molecule has 6 nitrogen and oxygen atoms in total. The van der Waals surface area contributed by atoms with Gasteiger partial charge in [0.15, 0.2) is 17.2 Å². The molecule has 168 valence electrons. The molecular weight excluding hydrogens is 557 g/mol. The van der Waals surface area contributed by atoms with Gasteiger partial charge in [-0.3, -0.25) is 0 Å². The van der Waals surface area contributed by atoms with E-state index >= 15 is 0 Å². The maximum absolute atomic E-state index is 12.4. The minimum atomic E-state index is -0.527. The average molecular weight is 576 g/mol. The van der Waals surface area contributed by atoms with Gasteiger partial charge in [0, 0.05) is 19.7 Å². The van der Waals surface area contributed by atoms with Gasteiger partial charge in [-0.25, -0.2) is 9.79 Å². The van der Waals surface area contributed by atoms with E-state index in [4.69, 9.17) is 30.5 Å². The minimum Gasteiger partial charge on any atom is -0.493 e. The fraction of sp³-hybridized carbons (Fsp3) is 0.120. The topological polar surface area (TPSA) is 66.4 Å². The van der Waals surface area contributed by atoms with Crippen molar-refractivity contribution in [2.75, 3.05) is 14.2 Å². The molecular formula is C25H19ClINO5. The van der Waals surface area contributed by atoms with E-state index in [2.05, 4.69) is 27.6 Å². The first-order chi connectivity index (χ1) is 16.0. The highest BCUT2D eigenvalue weighted by molar-refractivity contribution is 14.1. The second kappa shape index (κ2) is 10.3. The average Bonchev–Trinajstić information content (AvgIpc) is 3.18. The van der Waals surface area contributed by atoms with Gasteiger partial charge >= 0.3 is 5.97 Å². The van der Waals surface area contributed by atoms with Crippen molar-refractivity contribution < 1.29 is 23.7 Å². The second-order valence-corrected chi connectivity index (χ2v) is 8.63. The van der Waals surface area contributed by atoms with E-state index < -0.39 is 5.97 Å². The van der Waals surface area contributed by atoms with Crippen LogP contribution in [0.5, 0.6) is 17.2 Å². The van der Waals surface area contributed by atoms with Crippen molar-refractivity contribution in [3.05, 3.63) is 91.6 Å². The number of carbonyl (C=O) groups is 1. The molecule has 3 aromatic rings. The van der Waals surface area contributed by atoms with Crippen molar-refractivity contribution in [3.63, 3.8) is 0 Å². The Morgan fingerprint density at radius 3 is 2.33 bits per heavy atom. The van der Waals surface area contributed by atoms with Crippen molar-refractivity contribution >= 4 is 52.1 Å². The molecule has 33 heavy (non-hydrogen) atoms. The molecule has 8 heteroatoms. The predicted molar refractivity (Wildman–Crippen MR) is 135 cm³/mol. The number of halogens is 2. The number of hydrogen-bond acceptors (Lipinski definition) is 6. The van der Waals surface area contributed by atoms with Crippen molar-refractivity contribution in [2.24, 2.45) is 4.99 Å². The van der Waals surface area contributed by atoms with Crippen LogP contribution in [0.15, 0.2) is 71.4 Å². The Kier molecular flexibility index (Phi) is 7.20. The molecule has 0 fully saturated rings. The van der Waals surface area contributed by atoms with Crippen LogP contribution in [-0.2, 0) is 16.1 Å². The third-order valence-corrected chi connectivity index (χ3v) is 5.92. The number of ether oxygens (including phenoxy) is 4. The normalized spacial score (nSPS) is 14.1. The van der Waals surface area contributed by atoms with Gasteiger partial charge in [0.05, 0.1) is 14.2 Å². The summed E-state index contributed by atoms with van der Waals surface area (Å²) in [4.78, 5) is 16.7. The van der Waals surface area contributed by atoms with Gasteiger partial charge < -0.3 is 18.9 Å². The Hall–Kier alpha value is -3.04. The molecule has 3 aromatic carbocycles. The van der Waals surface area contributed by atoms with Crippen LogP contribution in [0, 0.1) is 3.57 Å². The lowest BCUT2D eigenvalue weighted by molar-refractivity contribution is -0.129. The van der Waals surface area contributed by atoms with Gasteiger partial charge in [0.25, 0.3) is 0 Å². The second-order valence-electron chi connectivity index (χ2n) is 6.98. The minimum absolute atomic E-state index is 0.178. The summed E-state index contributed by atoms with van der Waals surface area (Å²) in [6.45, 7) is 0.239. The maximum Gasteiger partial charge on any atom is 0.363 e. The number of nitrogens with zero attached hydrogens (tertiary/aromatic N) is 1. The summed E-state index contributed by atoms with van der Waals surface area (Å²) in [7, 11) is 3.07. The van der Waals surface area contributed by atoms with Gasteiger partial charge in [-0.1, -0.05) is 29.8 Å². The molecule has 0 spiro atoms. The van der Waals surface area contributed by atoms with E-state index in [1.165, 1.54) is 14.2 Å². The number of hydrogen-bond donors (Lipinski definition) is 0. The molecule has 0 aliphatic carbocycles. The number of carbonyl (C=O) groups excluding carboxylic acids is 1. The van der Waals surface area contributed by atoms with Gasteiger partial charge in [0.2, 0.25) is 11.6 Å². The zero-order chi connectivity index (χ0) is 23.4. The Morgan fingerprint density at radius 1 is 1.03 bits per heavy atom. The maximum atomic E-state index is 12.4. The first-order valence-corrected chi connectivity index (χ1v) is 11.3. The molecule has 1 heterocycles. The quantitative estimate of drug-likeness (QED) is 0.200. The lowest BCUT2D eigenvalue weighted by atomic mass is 10.1. The zero-order valence-electron chi connectivity index (χ0n) is 17.8. The monoisotopic (exact) mass is 575 g/mol. The third kappa shape index (κ3) is 5.31. The van der Waals surface area contributed by atoms with Crippen LogP contribution >= 0.6 is 34.2 Å². The highest BCUT2D eigenvalue weighted by atomic mass is 127. The summed E-state index contributed by atoms with van der Waals surface area (Å²) in [5.74, 6) is 1.06. The van der Waals surface area contributed by atoms with Crippen LogP contribution < -0.4 is 14.2 Å². The zero-order valence-corrected chi connectivity index (χ0v) is 20.7. The highest BCUT2D eigenvalue weighted by Gasteiger charge is 2.25. The number of aliphatic imine (C=N–C) groups is 1. The Morgan fingerprint density at radius 2 is 1.70 bits per heavy atom. The summed E-state index contributed by atoms with van der Waals surface area (Å²) in [6.07, 6.45) is 1.62. The van der Waals surface area contributed by atoms with Crippen LogP contribution in [0.3, 0.4) is 0 Å². The SMILES string of the molecule is COc1cc(C=C2N=C(c3ccc(I)cc3)OC2=O)cc(OC)c1OCc1ccccc1Cl. The fourth-order valence-corrected chi connectivity index (χ4v) is 3.72. The lowest BCUT2D eigenvalue weighted by Crippen LogP contribution is -2.05. The van der Waals surface area contributed by atoms with Crippen molar-refractivity contribution in [3.8, 4) is 17.2 Å². The number of rotatable bonds is 7. The van der Waals surface area contributed by atoms with Crippen molar-refractivity contribution in [1.29, 1.82) is 0 Å². The molecule has 0 atom stereocenters. The first kappa shape index (κ1) is 23.1. The predicted octanol–water partition coefficient (Wildman–Crippen LogP) is 5.89. The van der Waals surface area contributed by atoms with Crippen LogP contribution in [0.2, 0.25) is 5.02 Å². The van der Waals surface area contributed by atoms with Gasteiger partial charge in [-0.05, 0) is 76.7 Å². The van der Waals surface area contributed by atoms with E-state index in [9.17, 15) is 4.79 Å². The van der Waals surface area contributed by atoms with Crippen LogP contribution in [0.1, 0.15) is 16.7 Å². The molecule has 0 unspecified atom stereocenters. The standard InChI is InChI=1S/C25H19ClINO5/c1-30-21-12-15(11-20-25(29)33-24(28-20)16-7-9-18(27)10-8-16)13-22(31-2)23(21)32-14-17-5-3-4-6-19(17)26/h3-13H,14H2,1-2H3. The summed E-state index contributed by atoms with van der Waals surface area (Å²) in [5.41, 5.74) is 2.39. The van der Waals surface area contributed by atoms with Crippen molar-refractivity contribution in [1.82, 2.24) is 0 Å². The third-order valence-electron chi connectivity index (χ3n) is 4.83. The Labute approximate surface area is 209 Å². The fourth-order valence-electron chi connectivity index (χ4n) is 3.17. The van der Waals surface area contributed by atoms with Crippen molar-refractivity contribution in [2.45, 2.75) is 6.61 Å². The smallest absolute Gasteiger partial charge is 0.363 e. The van der Waals surface area contributed by atoms with Gasteiger partial charge in [0.1, 0.15) is 6.61 Å². The summed E-state index contributed by atoms with van der Waals surface area (Å²) in [6, 6.07) is 18.5. The Bertz CT molecular complexity index is 1230. The molecule has 1 aliphatic rings.